The van der Waals surface area contributed by atoms with E-state index in [1.54, 1.807) is 18.5 Å². The van der Waals surface area contributed by atoms with Gasteiger partial charge in [-0.25, -0.2) is 27.7 Å². The number of ether oxygens (including phenoxy) is 2. The minimum Gasteiger partial charge on any atom is -0.492 e. The maximum Gasteiger partial charge on any atom is 0.573 e. The van der Waals surface area contributed by atoms with E-state index in [9.17, 15) is 26.3 Å². The summed E-state index contributed by atoms with van der Waals surface area (Å²) in [6.07, 6.45) is 7.45. The maximum absolute atomic E-state index is 14.5. The van der Waals surface area contributed by atoms with Crippen LogP contribution in [0, 0.1) is 28.8 Å². The summed E-state index contributed by atoms with van der Waals surface area (Å²) in [4.78, 5) is 10.8. The molecular weight excluding hydrogens is 722 g/mol. The van der Waals surface area contributed by atoms with Crippen LogP contribution in [0.3, 0.4) is 0 Å². The Balaban J connectivity index is 1.07. The standard InChI is InChI=1S/C41H40F6N6O2/c1-40(23-54-34-6-11-50-38-37(34)33(21-51-38)27-16-30(44)19-31(17-27)55-41(45,46)47)8-12-49-35(20-40)53-13-7-25(3-2-24-4-9-48-10-5-24)36-32(22-52-39(36)53)26-14-28(42)18-29(43)15-26/h6-7,11,13-19,21-22,24,35,48-49H,2-5,8-10,12,20,23H2,1H3,(H,50,51)/p+1. The number of piperidine rings is 2. The van der Waals surface area contributed by atoms with E-state index in [1.165, 1.54) is 12.1 Å². The average molecular weight is 764 g/mol. The number of halogens is 6. The summed E-state index contributed by atoms with van der Waals surface area (Å²) in [5, 5.41) is 8.52. The third-order valence-electron chi connectivity index (χ3n) is 11.0. The van der Waals surface area contributed by atoms with Gasteiger partial charge in [-0.05, 0) is 111 Å². The Hall–Kier alpha value is -5.08. The summed E-state index contributed by atoms with van der Waals surface area (Å²) in [5.41, 5.74) is 3.86. The van der Waals surface area contributed by atoms with Crippen molar-refractivity contribution >= 4 is 22.1 Å². The van der Waals surface area contributed by atoms with E-state index in [1.807, 2.05) is 6.20 Å². The number of aromatic nitrogens is 4. The van der Waals surface area contributed by atoms with Crippen LogP contribution >= 0.6 is 0 Å². The summed E-state index contributed by atoms with van der Waals surface area (Å²) >= 11 is 0. The monoisotopic (exact) mass is 763 g/mol. The first-order chi connectivity index (χ1) is 26.4. The van der Waals surface area contributed by atoms with Gasteiger partial charge in [0, 0.05) is 47.5 Å². The van der Waals surface area contributed by atoms with E-state index in [4.69, 9.17) is 4.74 Å². The van der Waals surface area contributed by atoms with E-state index in [0.717, 1.165) is 85.6 Å². The normalized spacial score (nSPS) is 19.7. The van der Waals surface area contributed by atoms with E-state index >= 15 is 0 Å². The number of fused-ring (bicyclic) bond motifs is 2. The van der Waals surface area contributed by atoms with E-state index < -0.39 is 29.6 Å². The summed E-state index contributed by atoms with van der Waals surface area (Å²) in [6.45, 7) is 5.15. The minimum atomic E-state index is -4.98. The van der Waals surface area contributed by atoms with Gasteiger partial charge in [0.25, 0.3) is 5.65 Å². The molecule has 2 saturated heterocycles. The number of aromatic amines is 2. The summed E-state index contributed by atoms with van der Waals surface area (Å²) in [6, 6.07) is 10.4. The van der Waals surface area contributed by atoms with Crippen molar-refractivity contribution in [3.05, 3.63) is 96.3 Å². The highest BCUT2D eigenvalue weighted by Gasteiger charge is 2.37. The van der Waals surface area contributed by atoms with Gasteiger partial charge in [0.05, 0.1) is 29.8 Å². The van der Waals surface area contributed by atoms with Crippen molar-refractivity contribution in [3.8, 4) is 33.8 Å². The van der Waals surface area contributed by atoms with Crippen LogP contribution in [0.1, 0.15) is 50.8 Å². The number of pyridine rings is 2. The molecule has 0 bridgehead atoms. The topological polar surface area (TPSA) is 90.9 Å². The molecule has 0 saturated carbocycles. The largest absolute Gasteiger partial charge is 0.573 e. The number of aryl methyl sites for hydroxylation is 1. The van der Waals surface area contributed by atoms with Crippen LogP contribution in [0.25, 0.3) is 44.3 Å². The Labute approximate surface area is 313 Å². The van der Waals surface area contributed by atoms with Crippen LogP contribution in [0.2, 0.25) is 0 Å². The molecule has 8 rings (SSSR count). The van der Waals surface area contributed by atoms with Crippen molar-refractivity contribution in [1.82, 2.24) is 25.6 Å². The number of hydrogen-bond acceptors (Lipinski definition) is 5. The first-order valence-corrected chi connectivity index (χ1v) is 18.5. The zero-order chi connectivity index (χ0) is 38.3. The molecule has 2 atom stereocenters. The van der Waals surface area contributed by atoms with Crippen molar-refractivity contribution < 1.29 is 40.4 Å². The molecule has 4 aromatic heterocycles. The summed E-state index contributed by atoms with van der Waals surface area (Å²) in [5.74, 6) is -1.77. The Morgan fingerprint density at radius 2 is 1.58 bits per heavy atom. The summed E-state index contributed by atoms with van der Waals surface area (Å²) in [7, 11) is 0. The Morgan fingerprint density at radius 3 is 2.35 bits per heavy atom. The zero-order valence-electron chi connectivity index (χ0n) is 30.1. The fourth-order valence-electron chi connectivity index (χ4n) is 8.25. The number of nitrogens with zero attached hydrogens (tertiary/aromatic N) is 2. The SMILES string of the molecule is CC1(COc2ccnc3[nH]cc(-c4cc(F)cc(OC(F)(F)F)c4)c23)CCNC([n+]2ccc(CCC3CCNCC3)c3c(-c4cc(F)cc(F)c4)c[nH]c32)C1. The van der Waals surface area contributed by atoms with E-state index in [-0.39, 0.29) is 17.1 Å². The molecule has 2 aromatic carbocycles. The number of nitrogens with one attached hydrogen (secondary N) is 4. The second-order valence-electron chi connectivity index (χ2n) is 15.0. The van der Waals surface area contributed by atoms with Crippen LogP contribution in [0.4, 0.5) is 26.3 Å². The molecule has 55 heavy (non-hydrogen) atoms. The lowest BCUT2D eigenvalue weighted by Gasteiger charge is -2.37. The molecule has 0 spiro atoms. The molecule has 2 unspecified atom stereocenters. The molecule has 4 N–H and O–H groups in total. The van der Waals surface area contributed by atoms with Crippen molar-refractivity contribution in [2.75, 3.05) is 26.2 Å². The second-order valence-corrected chi connectivity index (χ2v) is 15.0. The third-order valence-corrected chi connectivity index (χ3v) is 11.0. The molecule has 2 fully saturated rings. The highest BCUT2D eigenvalue weighted by atomic mass is 19.4. The lowest BCUT2D eigenvalue weighted by atomic mass is 9.80. The molecule has 2 aliphatic rings. The average Bonchev–Trinajstić information content (AvgIpc) is 3.78. The Bertz CT molecular complexity index is 2310. The first kappa shape index (κ1) is 36.9. The van der Waals surface area contributed by atoms with E-state index in [2.05, 4.69) is 54.1 Å². The van der Waals surface area contributed by atoms with Crippen molar-refractivity contribution in [2.45, 2.75) is 58.0 Å². The number of H-pyrrole nitrogens is 2. The first-order valence-electron chi connectivity index (χ1n) is 18.5. The van der Waals surface area contributed by atoms with Crippen LogP contribution in [0.5, 0.6) is 11.5 Å². The number of hydrogen-bond donors (Lipinski definition) is 4. The Morgan fingerprint density at radius 1 is 0.873 bits per heavy atom. The molecule has 6 heterocycles. The number of alkyl halides is 3. The van der Waals surface area contributed by atoms with Crippen molar-refractivity contribution in [3.63, 3.8) is 0 Å². The molecule has 0 aliphatic carbocycles. The highest BCUT2D eigenvalue weighted by molar-refractivity contribution is 5.98. The van der Waals surface area contributed by atoms with Gasteiger partial charge in [-0.3, -0.25) is 5.32 Å². The molecule has 0 radical (unpaired) electrons. The predicted molar refractivity (Wildman–Crippen MR) is 196 cm³/mol. The fraction of sp³-hybridized carbons (Fsp3) is 0.366. The van der Waals surface area contributed by atoms with Crippen LogP contribution in [-0.2, 0) is 6.42 Å². The smallest absolute Gasteiger partial charge is 0.492 e. The van der Waals surface area contributed by atoms with Crippen LogP contribution in [-0.4, -0.2) is 47.6 Å². The van der Waals surface area contributed by atoms with Crippen molar-refractivity contribution in [1.29, 1.82) is 0 Å². The van der Waals surface area contributed by atoms with Gasteiger partial charge in [0.2, 0.25) is 0 Å². The third kappa shape index (κ3) is 8.01. The quantitative estimate of drug-likeness (QED) is 0.0827. The Kier molecular flexibility index (Phi) is 9.97. The van der Waals surface area contributed by atoms with Crippen LogP contribution < -0.4 is 24.7 Å². The van der Waals surface area contributed by atoms with Gasteiger partial charge in [0.1, 0.15) is 34.6 Å². The molecule has 14 heteroatoms. The van der Waals surface area contributed by atoms with Gasteiger partial charge in [-0.15, -0.1) is 13.2 Å². The van der Waals surface area contributed by atoms with E-state index in [0.29, 0.717) is 59.5 Å². The van der Waals surface area contributed by atoms with Gasteiger partial charge >= 0.3 is 6.36 Å². The fourth-order valence-corrected chi connectivity index (χ4v) is 8.25. The zero-order valence-corrected chi connectivity index (χ0v) is 30.1. The summed E-state index contributed by atoms with van der Waals surface area (Å²) < 4.78 is 95.1. The lowest BCUT2D eigenvalue weighted by Crippen LogP contribution is -2.54. The van der Waals surface area contributed by atoms with Crippen LogP contribution in [0.15, 0.2) is 73.3 Å². The molecule has 2 aliphatic heterocycles. The highest BCUT2D eigenvalue weighted by Crippen LogP contribution is 2.40. The van der Waals surface area contributed by atoms with Crippen molar-refractivity contribution in [2.24, 2.45) is 11.3 Å². The van der Waals surface area contributed by atoms with Gasteiger partial charge in [0.15, 0.2) is 6.17 Å². The molecule has 8 nitrogen and oxygen atoms in total. The lowest BCUT2D eigenvalue weighted by molar-refractivity contribution is -0.710. The molecule has 0 amide bonds. The van der Waals surface area contributed by atoms with Gasteiger partial charge < -0.3 is 19.8 Å². The predicted octanol–water partition coefficient (Wildman–Crippen LogP) is 8.88. The number of rotatable bonds is 10. The number of benzene rings is 2. The minimum absolute atomic E-state index is 0.154. The van der Waals surface area contributed by atoms with Gasteiger partial charge in [-0.1, -0.05) is 6.92 Å². The molecule has 288 valence electrons. The van der Waals surface area contributed by atoms with Gasteiger partial charge in [-0.2, -0.15) is 0 Å². The molecule has 6 aromatic rings. The second kappa shape index (κ2) is 14.9. The maximum atomic E-state index is 14.5. The molecular formula is C41H41F6N6O2+.